The molecule has 0 aromatic rings. The number of hydrogen-bond donors (Lipinski definition) is 0. The van der Waals surface area contributed by atoms with Crippen LogP contribution in [0.4, 0.5) is 0 Å². The second kappa shape index (κ2) is 48.8. The summed E-state index contributed by atoms with van der Waals surface area (Å²) < 4.78 is 16.7. The van der Waals surface area contributed by atoms with Gasteiger partial charge in [0.2, 0.25) is 0 Å². The van der Waals surface area contributed by atoms with Crippen LogP contribution in [0.1, 0.15) is 245 Å². The molecule has 0 aromatic carbocycles. The molecule has 346 valence electrons. The van der Waals surface area contributed by atoms with Gasteiger partial charge in [-0.25, -0.2) is 0 Å². The van der Waals surface area contributed by atoms with Crippen LogP contribution < -0.4 is 0 Å². The normalized spacial score (nSPS) is 12.5. The third-order valence-corrected chi connectivity index (χ3v) is 10.8. The number of hydrogen-bond acceptors (Lipinski definition) is 6. The minimum Gasteiger partial charge on any atom is -0.462 e. The first-order chi connectivity index (χ1) is 29.5. The standard InChI is InChI=1S/C54H94O6/c1-4-7-10-13-16-18-20-21-22-23-24-25-26-27-28-29-30-31-32-33-35-36-38-41-44-47-53(56)59-50-51(49-58-52(55)46-43-40-15-12-9-6-3)60-54(57)48-45-42-39-37-34-19-17-14-11-8-5-2/h7,10,14,16-18,21-22,24-25,51H,4-6,8-9,11-13,15,19-20,23,26-50H2,1-3H3/b10-7-,17-14-,18-16-,22-21-,25-24-. The topological polar surface area (TPSA) is 78.9 Å². The van der Waals surface area contributed by atoms with Gasteiger partial charge in [0, 0.05) is 19.3 Å². The summed E-state index contributed by atoms with van der Waals surface area (Å²) in [5.74, 6) is -0.897. The van der Waals surface area contributed by atoms with Crippen molar-refractivity contribution in [2.45, 2.75) is 252 Å². The minimum atomic E-state index is -0.773. The van der Waals surface area contributed by atoms with Crippen molar-refractivity contribution in [2.24, 2.45) is 0 Å². The zero-order valence-electron chi connectivity index (χ0n) is 39.5. The number of rotatable bonds is 45. The molecular weight excluding hydrogens is 745 g/mol. The van der Waals surface area contributed by atoms with Crippen molar-refractivity contribution in [1.29, 1.82) is 0 Å². The maximum absolute atomic E-state index is 12.7. The molecule has 0 radical (unpaired) electrons. The highest BCUT2D eigenvalue weighted by Crippen LogP contribution is 2.15. The molecule has 0 N–H and O–H groups in total. The van der Waals surface area contributed by atoms with Gasteiger partial charge in [0.15, 0.2) is 6.10 Å². The first-order valence-corrected chi connectivity index (χ1v) is 25.3. The second-order valence-corrected chi connectivity index (χ2v) is 16.7. The van der Waals surface area contributed by atoms with Crippen molar-refractivity contribution in [3.05, 3.63) is 60.8 Å². The van der Waals surface area contributed by atoms with E-state index in [2.05, 4.69) is 81.5 Å². The monoisotopic (exact) mass is 839 g/mol. The van der Waals surface area contributed by atoms with Gasteiger partial charge in [0.25, 0.3) is 0 Å². The molecule has 0 fully saturated rings. The largest absolute Gasteiger partial charge is 0.462 e. The average Bonchev–Trinajstić information content (AvgIpc) is 3.24. The zero-order chi connectivity index (χ0) is 43.7. The van der Waals surface area contributed by atoms with Gasteiger partial charge in [-0.15, -0.1) is 0 Å². The Labute approximate surface area is 370 Å². The summed E-state index contributed by atoms with van der Waals surface area (Å²) >= 11 is 0. The van der Waals surface area contributed by atoms with Crippen LogP contribution in [-0.4, -0.2) is 37.2 Å². The predicted octanol–water partition coefficient (Wildman–Crippen LogP) is 16.5. The molecule has 0 rings (SSSR count). The van der Waals surface area contributed by atoms with E-state index in [9.17, 15) is 14.4 Å². The van der Waals surface area contributed by atoms with Crippen molar-refractivity contribution >= 4 is 17.9 Å². The lowest BCUT2D eigenvalue weighted by Crippen LogP contribution is -2.30. The molecule has 0 aliphatic heterocycles. The first-order valence-electron chi connectivity index (χ1n) is 25.3. The summed E-state index contributed by atoms with van der Waals surface area (Å²) in [6.07, 6.45) is 59.5. The summed E-state index contributed by atoms with van der Waals surface area (Å²) in [4.78, 5) is 37.6. The van der Waals surface area contributed by atoms with E-state index in [0.29, 0.717) is 19.3 Å². The lowest BCUT2D eigenvalue weighted by Gasteiger charge is -2.18. The Morgan fingerprint density at radius 1 is 0.350 bits per heavy atom. The number of esters is 3. The summed E-state index contributed by atoms with van der Waals surface area (Å²) in [5, 5.41) is 0. The summed E-state index contributed by atoms with van der Waals surface area (Å²) in [7, 11) is 0. The lowest BCUT2D eigenvalue weighted by molar-refractivity contribution is -0.167. The van der Waals surface area contributed by atoms with Crippen LogP contribution in [0.3, 0.4) is 0 Å². The van der Waals surface area contributed by atoms with Gasteiger partial charge in [-0.1, -0.05) is 210 Å². The van der Waals surface area contributed by atoms with Crippen molar-refractivity contribution in [3.63, 3.8) is 0 Å². The highest BCUT2D eigenvalue weighted by Gasteiger charge is 2.19. The Bertz CT molecular complexity index is 1100. The van der Waals surface area contributed by atoms with Crippen molar-refractivity contribution < 1.29 is 28.6 Å². The molecule has 0 aromatic heterocycles. The van der Waals surface area contributed by atoms with Gasteiger partial charge >= 0.3 is 17.9 Å². The molecule has 0 saturated heterocycles. The molecule has 6 nitrogen and oxygen atoms in total. The third kappa shape index (κ3) is 46.2. The van der Waals surface area contributed by atoms with Crippen LogP contribution >= 0.6 is 0 Å². The number of carbonyl (C=O) groups is 3. The Morgan fingerprint density at radius 2 is 0.667 bits per heavy atom. The van der Waals surface area contributed by atoms with E-state index in [-0.39, 0.29) is 31.1 Å². The van der Waals surface area contributed by atoms with Gasteiger partial charge in [0.1, 0.15) is 13.2 Å². The van der Waals surface area contributed by atoms with E-state index in [1.54, 1.807) is 0 Å². The maximum Gasteiger partial charge on any atom is 0.306 e. The van der Waals surface area contributed by atoms with E-state index in [1.165, 1.54) is 109 Å². The number of allylic oxidation sites excluding steroid dienone is 10. The molecule has 0 aliphatic carbocycles. The predicted molar refractivity (Wildman–Crippen MR) is 256 cm³/mol. The molecule has 0 amide bonds. The average molecular weight is 839 g/mol. The van der Waals surface area contributed by atoms with E-state index in [4.69, 9.17) is 14.2 Å². The number of unbranched alkanes of at least 4 members (excludes halogenated alkanes) is 24. The van der Waals surface area contributed by atoms with Crippen LogP contribution in [0.15, 0.2) is 60.8 Å². The maximum atomic E-state index is 12.7. The highest BCUT2D eigenvalue weighted by atomic mass is 16.6. The molecule has 0 aliphatic rings. The van der Waals surface area contributed by atoms with E-state index < -0.39 is 6.10 Å². The molecule has 60 heavy (non-hydrogen) atoms. The van der Waals surface area contributed by atoms with E-state index in [0.717, 1.165) is 96.3 Å². The fourth-order valence-electron chi connectivity index (χ4n) is 6.94. The fourth-order valence-corrected chi connectivity index (χ4v) is 6.94. The lowest BCUT2D eigenvalue weighted by atomic mass is 10.0. The van der Waals surface area contributed by atoms with Gasteiger partial charge in [-0.2, -0.15) is 0 Å². The van der Waals surface area contributed by atoms with Crippen molar-refractivity contribution in [1.82, 2.24) is 0 Å². The van der Waals surface area contributed by atoms with Crippen molar-refractivity contribution in [2.75, 3.05) is 13.2 Å². The Balaban J connectivity index is 4.09. The SMILES string of the molecule is CC/C=C\C/C=C\C/C=C\C/C=C\CCCCCCCCCCCCCCC(=O)OCC(COC(=O)CCCCCCCC)OC(=O)CCCCCCC/C=C\CCCC. The molecule has 0 saturated carbocycles. The Morgan fingerprint density at radius 3 is 1.08 bits per heavy atom. The van der Waals surface area contributed by atoms with Crippen LogP contribution in [0.2, 0.25) is 0 Å². The first kappa shape index (κ1) is 57.1. The van der Waals surface area contributed by atoms with Crippen LogP contribution in [0.25, 0.3) is 0 Å². The molecule has 0 bridgehead atoms. The number of ether oxygens (including phenoxy) is 3. The summed E-state index contributed by atoms with van der Waals surface area (Å²) in [6.45, 7) is 6.42. The smallest absolute Gasteiger partial charge is 0.306 e. The van der Waals surface area contributed by atoms with Gasteiger partial charge in [0.05, 0.1) is 0 Å². The van der Waals surface area contributed by atoms with Crippen molar-refractivity contribution in [3.8, 4) is 0 Å². The van der Waals surface area contributed by atoms with Gasteiger partial charge < -0.3 is 14.2 Å². The Kier molecular flexibility index (Phi) is 46.4. The molecular formula is C54H94O6. The van der Waals surface area contributed by atoms with Crippen LogP contribution in [0, 0.1) is 0 Å². The molecule has 1 atom stereocenters. The molecule has 6 heteroatoms. The molecule has 0 heterocycles. The number of carbonyl (C=O) groups excluding carboxylic acids is 3. The zero-order valence-corrected chi connectivity index (χ0v) is 39.5. The van der Waals surface area contributed by atoms with Gasteiger partial charge in [-0.05, 0) is 77.0 Å². The van der Waals surface area contributed by atoms with E-state index in [1.807, 2.05) is 0 Å². The van der Waals surface area contributed by atoms with Crippen LogP contribution in [-0.2, 0) is 28.6 Å². The fraction of sp³-hybridized carbons (Fsp3) is 0.759. The third-order valence-electron chi connectivity index (χ3n) is 10.8. The molecule has 0 spiro atoms. The quantitative estimate of drug-likeness (QED) is 0.0263. The Hall–Kier alpha value is -2.89. The van der Waals surface area contributed by atoms with E-state index >= 15 is 0 Å². The van der Waals surface area contributed by atoms with Gasteiger partial charge in [-0.3, -0.25) is 14.4 Å². The molecule has 1 unspecified atom stereocenters. The summed E-state index contributed by atoms with van der Waals surface area (Å²) in [5.41, 5.74) is 0. The van der Waals surface area contributed by atoms with Crippen LogP contribution in [0.5, 0.6) is 0 Å². The minimum absolute atomic E-state index is 0.0772. The highest BCUT2D eigenvalue weighted by molar-refractivity contribution is 5.71. The summed E-state index contributed by atoms with van der Waals surface area (Å²) in [6, 6.07) is 0. The second-order valence-electron chi connectivity index (χ2n) is 16.7.